The van der Waals surface area contributed by atoms with Crippen molar-refractivity contribution in [3.8, 4) is 0 Å². The van der Waals surface area contributed by atoms with Gasteiger partial charge in [0.15, 0.2) is 0 Å². The fraction of sp³-hybridized carbons (Fsp3) is 0.333. The standard InChI is InChI=1S/4C21H23F2N3O2S/c1-15-5-3-6-16(13-15)29(27,28)26-14-17(21(22)23)20-18(7-4-8-19(20)26)25-11-9-24(2)10-12-25;3*1-14-4-2-5-16(12-14)29(27,28)26-13-17(21(22)23)20-18(6-3-7-19(20)26)25-15-8-10-24-11-9-15/h3-8,13-14,21H,9-12H2,1-2H3;3*2-7,12-13,15,21,24-25H,8-11H2,1H3. The molecule has 4 saturated heterocycles. The van der Waals surface area contributed by atoms with E-state index in [1.54, 1.807) is 173 Å². The first-order chi connectivity index (χ1) is 55.4. The van der Waals surface area contributed by atoms with Gasteiger partial charge < -0.3 is 41.7 Å². The second-order valence-electron chi connectivity index (χ2n) is 29.6. The minimum atomic E-state index is -4.01. The minimum Gasteiger partial charge on any atom is -0.382 e. The second-order valence-corrected chi connectivity index (χ2v) is 36.8. The quantitative estimate of drug-likeness (QED) is 0.0413. The van der Waals surface area contributed by atoms with Crippen LogP contribution in [0, 0.1) is 27.7 Å². The molecule has 12 aromatic rings. The van der Waals surface area contributed by atoms with Crippen LogP contribution in [0.15, 0.2) is 214 Å². The number of hydrogen-bond acceptors (Lipinski definition) is 16. The third-order valence-corrected chi connectivity index (χ3v) is 28.0. The number of nitrogens with zero attached hydrogens (tertiary/aromatic N) is 6. The predicted octanol–water partition coefficient (Wildman–Crippen LogP) is 16.7. The van der Waals surface area contributed by atoms with Crippen LogP contribution in [0.5, 0.6) is 0 Å². The molecule has 0 unspecified atom stereocenters. The molecule has 4 aliphatic rings. The summed E-state index contributed by atoms with van der Waals surface area (Å²) in [5.74, 6) is 0. The summed E-state index contributed by atoms with van der Waals surface area (Å²) < 4.78 is 221. The van der Waals surface area contributed by atoms with E-state index < -0.39 is 65.8 Å². The lowest BCUT2D eigenvalue weighted by molar-refractivity contribution is 0.152. The normalized spacial score (nSPS) is 15.9. The van der Waals surface area contributed by atoms with Gasteiger partial charge in [-0.15, -0.1) is 0 Å². The van der Waals surface area contributed by atoms with Gasteiger partial charge in [0, 0.05) is 136 Å². The average molecular weight is 1680 g/mol. The predicted molar refractivity (Wildman–Crippen MR) is 441 cm³/mol. The zero-order valence-corrected chi connectivity index (χ0v) is 67.7. The zero-order valence-electron chi connectivity index (χ0n) is 64.4. The van der Waals surface area contributed by atoms with E-state index in [1.165, 1.54) is 24.3 Å². The highest BCUT2D eigenvalue weighted by Crippen LogP contribution is 2.43. The summed E-state index contributed by atoms with van der Waals surface area (Å²) in [4.78, 5) is 4.54. The van der Waals surface area contributed by atoms with Crippen molar-refractivity contribution >= 4 is 106 Å². The van der Waals surface area contributed by atoms with Crippen molar-refractivity contribution in [2.75, 3.05) is 93.3 Å². The summed E-state index contributed by atoms with van der Waals surface area (Å²) in [6, 6.07) is 46.5. The van der Waals surface area contributed by atoms with E-state index >= 15 is 0 Å². The van der Waals surface area contributed by atoms with Gasteiger partial charge in [0.2, 0.25) is 0 Å². The molecule has 616 valence electrons. The maximum atomic E-state index is 13.9. The molecule has 0 bridgehead atoms. The van der Waals surface area contributed by atoms with Crippen molar-refractivity contribution in [2.45, 2.75) is 130 Å². The number of piperazine rings is 1. The van der Waals surface area contributed by atoms with Crippen LogP contribution < -0.4 is 36.8 Å². The monoisotopic (exact) mass is 1680 g/mol. The van der Waals surface area contributed by atoms with Crippen LogP contribution >= 0.6 is 0 Å². The molecule has 116 heavy (non-hydrogen) atoms. The van der Waals surface area contributed by atoms with Crippen molar-refractivity contribution in [2.24, 2.45) is 0 Å². The van der Waals surface area contributed by atoms with Gasteiger partial charge in [-0.2, -0.15) is 0 Å². The summed E-state index contributed by atoms with van der Waals surface area (Å²) in [6.07, 6.45) is -1.64. The SMILES string of the molecule is Cc1cccc(S(=O)(=O)n2cc(C(F)F)c3c(N4CCN(C)CC4)cccc32)c1.Cc1cccc(S(=O)(=O)n2cc(C(F)F)c3c(NC4CCNCC4)cccc32)c1.Cc1cccc(S(=O)(=O)n2cc(C(F)F)c3c(NC4CCNCC4)cccc32)c1.Cc1cccc(S(=O)(=O)n2cc(C(F)F)c3c(NC4CCNCC4)cccc32)c1. The summed E-state index contributed by atoms with van der Waals surface area (Å²) in [5, 5.41) is 21.0. The van der Waals surface area contributed by atoms with Crippen LogP contribution in [0.25, 0.3) is 43.6 Å². The van der Waals surface area contributed by atoms with Crippen LogP contribution in [0.4, 0.5) is 57.9 Å². The van der Waals surface area contributed by atoms with Gasteiger partial charge in [0.25, 0.3) is 65.8 Å². The first-order valence-corrected chi connectivity index (χ1v) is 44.0. The number of rotatable bonds is 19. The van der Waals surface area contributed by atoms with E-state index in [0.717, 1.165) is 154 Å². The van der Waals surface area contributed by atoms with Crippen molar-refractivity contribution in [1.82, 2.24) is 36.7 Å². The zero-order chi connectivity index (χ0) is 82.5. The Hall–Kier alpha value is -9.80. The number of anilines is 4. The summed E-state index contributed by atoms with van der Waals surface area (Å²) in [6.45, 7) is 15.4. The Morgan fingerprint density at radius 3 is 0.828 bits per heavy atom. The highest BCUT2D eigenvalue weighted by Gasteiger charge is 2.33. The lowest BCUT2D eigenvalue weighted by Gasteiger charge is -2.34. The van der Waals surface area contributed by atoms with E-state index in [4.69, 9.17) is 0 Å². The molecule has 0 atom stereocenters. The van der Waals surface area contributed by atoms with Crippen LogP contribution in [-0.4, -0.2) is 145 Å². The smallest absolute Gasteiger partial charge is 0.268 e. The van der Waals surface area contributed by atoms with Gasteiger partial charge in [0.05, 0.1) is 41.6 Å². The Balaban J connectivity index is 0.000000135. The van der Waals surface area contributed by atoms with E-state index in [2.05, 4.69) is 41.7 Å². The molecule has 20 nitrogen and oxygen atoms in total. The van der Waals surface area contributed by atoms with Crippen molar-refractivity contribution in [3.63, 3.8) is 0 Å². The number of piperidine rings is 3. The molecule has 0 radical (unpaired) electrons. The highest BCUT2D eigenvalue weighted by atomic mass is 32.2. The lowest BCUT2D eigenvalue weighted by atomic mass is 10.0. The molecule has 0 spiro atoms. The lowest BCUT2D eigenvalue weighted by Crippen LogP contribution is -2.44. The Kier molecular flexibility index (Phi) is 25.8. The maximum absolute atomic E-state index is 13.9. The van der Waals surface area contributed by atoms with E-state index in [9.17, 15) is 68.8 Å². The number of aryl methyl sites for hydroxylation is 4. The highest BCUT2D eigenvalue weighted by molar-refractivity contribution is 7.91. The first kappa shape index (κ1) is 84.1. The van der Waals surface area contributed by atoms with Gasteiger partial charge in [-0.05, 0) is 232 Å². The summed E-state index contributed by atoms with van der Waals surface area (Å²) >= 11 is 0. The van der Waals surface area contributed by atoms with E-state index in [-0.39, 0.29) is 98.2 Å². The van der Waals surface area contributed by atoms with Gasteiger partial charge >= 0.3 is 0 Å². The number of aromatic nitrogens is 4. The third-order valence-electron chi connectivity index (χ3n) is 21.3. The Morgan fingerprint density at radius 1 is 0.328 bits per heavy atom. The number of likely N-dealkylation sites (N-methyl/N-ethyl adjacent to an activating group) is 1. The summed E-state index contributed by atoms with van der Waals surface area (Å²) in [5.41, 5.74) is 5.34. The molecule has 4 aromatic heterocycles. The van der Waals surface area contributed by atoms with Crippen LogP contribution in [0.1, 0.15) is 109 Å². The van der Waals surface area contributed by atoms with Gasteiger partial charge in [-0.3, -0.25) is 0 Å². The van der Waals surface area contributed by atoms with Crippen molar-refractivity contribution < 1.29 is 68.8 Å². The third kappa shape index (κ3) is 18.0. The minimum absolute atomic E-state index is 0.0759. The molecule has 0 amide bonds. The molecular formula is C84H92F8N12O8S4. The Bertz CT molecular complexity index is 5580. The van der Waals surface area contributed by atoms with Crippen LogP contribution in [0.2, 0.25) is 0 Å². The summed E-state index contributed by atoms with van der Waals surface area (Å²) in [7, 11) is -14.0. The van der Waals surface area contributed by atoms with Gasteiger partial charge in [0.1, 0.15) is 0 Å². The fourth-order valence-corrected chi connectivity index (χ4v) is 21.3. The topological polar surface area (TPSA) is 235 Å². The molecule has 8 heterocycles. The number of alkyl halides is 8. The molecule has 6 N–H and O–H groups in total. The van der Waals surface area contributed by atoms with Crippen LogP contribution in [-0.2, 0) is 40.1 Å². The molecular weight excluding hydrogens is 1590 g/mol. The van der Waals surface area contributed by atoms with Gasteiger partial charge in [-0.1, -0.05) is 72.8 Å². The van der Waals surface area contributed by atoms with Gasteiger partial charge in [-0.25, -0.2) is 84.7 Å². The number of halogens is 8. The van der Waals surface area contributed by atoms with Crippen molar-refractivity contribution in [1.29, 1.82) is 0 Å². The molecule has 0 aliphatic carbocycles. The van der Waals surface area contributed by atoms with E-state index in [1.807, 2.05) is 7.05 Å². The Labute approximate surface area is 670 Å². The number of fused-ring (bicyclic) bond motifs is 4. The molecule has 4 fully saturated rings. The van der Waals surface area contributed by atoms with Crippen LogP contribution in [0.3, 0.4) is 0 Å². The maximum Gasteiger partial charge on any atom is 0.268 e. The molecule has 8 aromatic carbocycles. The Morgan fingerprint density at radius 2 is 0.569 bits per heavy atom. The second kappa shape index (κ2) is 35.6. The molecule has 32 heteroatoms. The average Bonchev–Trinajstić information content (AvgIpc) is 1.61. The molecule has 0 saturated carbocycles. The number of hydrogen-bond donors (Lipinski definition) is 6. The van der Waals surface area contributed by atoms with Crippen molar-refractivity contribution in [3.05, 3.63) is 239 Å². The number of nitrogens with one attached hydrogen (secondary N) is 6. The molecule has 4 aliphatic heterocycles. The van der Waals surface area contributed by atoms with E-state index in [0.29, 0.717) is 41.2 Å². The first-order valence-electron chi connectivity index (χ1n) is 38.2. The number of benzene rings is 8. The molecule has 16 rings (SSSR count). The fourth-order valence-electron chi connectivity index (χ4n) is 15.4. The largest absolute Gasteiger partial charge is 0.382 e.